The minimum Gasteiger partial charge on any atom is -0.328 e. The summed E-state index contributed by atoms with van der Waals surface area (Å²) < 4.78 is 14.5. The second-order valence-corrected chi connectivity index (χ2v) is 6.24. The number of nitrogens with one attached hydrogen (secondary N) is 1. The number of benzene rings is 1. The summed E-state index contributed by atoms with van der Waals surface area (Å²) >= 11 is 0. The van der Waals surface area contributed by atoms with Gasteiger partial charge < -0.3 is 15.6 Å². The number of hydrogen-bond donors (Lipinski definition) is 2. The molecule has 0 radical (unpaired) electrons. The first kappa shape index (κ1) is 16.4. The van der Waals surface area contributed by atoms with Crippen LogP contribution < -0.4 is 16.6 Å². The fourth-order valence-corrected chi connectivity index (χ4v) is 3.03. The molecule has 1 aliphatic carbocycles. The molecule has 1 saturated carbocycles. The van der Waals surface area contributed by atoms with E-state index in [-0.39, 0.29) is 34.9 Å². The highest BCUT2D eigenvalue weighted by molar-refractivity contribution is 5.92. The van der Waals surface area contributed by atoms with Crippen LogP contribution in [0.1, 0.15) is 24.8 Å². The van der Waals surface area contributed by atoms with E-state index in [1.807, 2.05) is 0 Å². The van der Waals surface area contributed by atoms with E-state index in [2.05, 4.69) is 5.32 Å². The van der Waals surface area contributed by atoms with Gasteiger partial charge in [-0.2, -0.15) is 0 Å². The van der Waals surface area contributed by atoms with Crippen LogP contribution in [0.5, 0.6) is 0 Å². The Morgan fingerprint density at radius 2 is 2.00 bits per heavy atom. The van der Waals surface area contributed by atoms with Gasteiger partial charge in [0, 0.05) is 18.2 Å². The molecule has 0 spiro atoms. The molecule has 2 aromatic rings. The maximum Gasteiger partial charge on any atom is 0.274 e. The standard InChI is InChI=1S/C18H20FN3O2/c19-14-6-3-12(4-7-14)11-22-9-1-2-16(18(22)24)21-17(23)13-5-8-15(20)10-13/h1-4,6-7,9,13,15H,5,8,10-11,20H2,(H,21,23). The summed E-state index contributed by atoms with van der Waals surface area (Å²) in [4.78, 5) is 24.8. The lowest BCUT2D eigenvalue weighted by molar-refractivity contribution is -0.119. The summed E-state index contributed by atoms with van der Waals surface area (Å²) in [6, 6.07) is 9.34. The molecule has 1 aliphatic rings. The van der Waals surface area contributed by atoms with E-state index >= 15 is 0 Å². The summed E-state index contributed by atoms with van der Waals surface area (Å²) in [5.41, 5.74) is 6.62. The topological polar surface area (TPSA) is 77.1 Å². The summed E-state index contributed by atoms with van der Waals surface area (Å²) in [7, 11) is 0. The number of halogens is 1. The summed E-state index contributed by atoms with van der Waals surface area (Å²) in [5.74, 6) is -0.605. The fraction of sp³-hybridized carbons (Fsp3) is 0.333. The monoisotopic (exact) mass is 329 g/mol. The molecule has 3 N–H and O–H groups in total. The lowest BCUT2D eigenvalue weighted by Crippen LogP contribution is -2.29. The lowest BCUT2D eigenvalue weighted by atomic mass is 10.1. The van der Waals surface area contributed by atoms with Crippen LogP contribution in [-0.2, 0) is 11.3 Å². The van der Waals surface area contributed by atoms with Gasteiger partial charge in [0.2, 0.25) is 5.91 Å². The van der Waals surface area contributed by atoms with Gasteiger partial charge in [-0.15, -0.1) is 0 Å². The first-order chi connectivity index (χ1) is 11.5. The third-order valence-electron chi connectivity index (χ3n) is 4.39. The maximum absolute atomic E-state index is 13.0. The fourth-order valence-electron chi connectivity index (χ4n) is 3.03. The molecule has 2 atom stereocenters. The number of nitrogens with zero attached hydrogens (tertiary/aromatic N) is 1. The number of hydrogen-bond acceptors (Lipinski definition) is 3. The molecular weight excluding hydrogens is 309 g/mol. The zero-order valence-corrected chi connectivity index (χ0v) is 13.2. The van der Waals surface area contributed by atoms with E-state index in [4.69, 9.17) is 5.73 Å². The van der Waals surface area contributed by atoms with E-state index in [0.717, 1.165) is 18.4 Å². The lowest BCUT2D eigenvalue weighted by Gasteiger charge is -2.12. The highest BCUT2D eigenvalue weighted by Gasteiger charge is 2.28. The molecule has 3 rings (SSSR count). The van der Waals surface area contributed by atoms with Crippen LogP contribution in [-0.4, -0.2) is 16.5 Å². The van der Waals surface area contributed by atoms with Gasteiger partial charge in [0.15, 0.2) is 0 Å². The predicted octanol–water partition coefficient (Wildman–Crippen LogP) is 2.10. The van der Waals surface area contributed by atoms with Crippen LogP contribution in [0.2, 0.25) is 0 Å². The van der Waals surface area contributed by atoms with Crippen molar-refractivity contribution in [1.29, 1.82) is 0 Å². The molecule has 1 aromatic carbocycles. The summed E-state index contributed by atoms with van der Waals surface area (Å²) in [6.45, 7) is 0.317. The van der Waals surface area contributed by atoms with Gasteiger partial charge in [-0.3, -0.25) is 9.59 Å². The first-order valence-electron chi connectivity index (χ1n) is 8.03. The minimum atomic E-state index is -0.318. The number of anilines is 1. The SMILES string of the molecule is NC1CCC(C(=O)Nc2cccn(Cc3ccc(F)cc3)c2=O)C1. The molecule has 0 aliphatic heterocycles. The van der Waals surface area contributed by atoms with Crippen molar-refractivity contribution in [2.24, 2.45) is 11.7 Å². The highest BCUT2D eigenvalue weighted by atomic mass is 19.1. The number of amides is 1. The van der Waals surface area contributed by atoms with Crippen LogP contribution in [0.25, 0.3) is 0 Å². The van der Waals surface area contributed by atoms with Crippen molar-refractivity contribution in [3.63, 3.8) is 0 Å². The molecular formula is C18H20FN3O2. The average molecular weight is 329 g/mol. The van der Waals surface area contributed by atoms with Gasteiger partial charge in [-0.1, -0.05) is 12.1 Å². The molecule has 5 nitrogen and oxygen atoms in total. The van der Waals surface area contributed by atoms with Crippen LogP contribution in [0.4, 0.5) is 10.1 Å². The van der Waals surface area contributed by atoms with Crippen molar-refractivity contribution >= 4 is 11.6 Å². The Hall–Kier alpha value is -2.47. The van der Waals surface area contributed by atoms with Gasteiger partial charge >= 0.3 is 0 Å². The van der Waals surface area contributed by atoms with Gasteiger partial charge in [0.05, 0.1) is 6.54 Å². The van der Waals surface area contributed by atoms with Gasteiger partial charge in [0.25, 0.3) is 5.56 Å². The largest absolute Gasteiger partial charge is 0.328 e. The van der Waals surface area contributed by atoms with Crippen molar-refractivity contribution < 1.29 is 9.18 Å². The Bertz CT molecular complexity index is 786. The third-order valence-corrected chi connectivity index (χ3v) is 4.39. The Kier molecular flexibility index (Phi) is 4.76. The Morgan fingerprint density at radius 3 is 2.67 bits per heavy atom. The highest BCUT2D eigenvalue weighted by Crippen LogP contribution is 2.25. The van der Waals surface area contributed by atoms with Crippen molar-refractivity contribution in [2.45, 2.75) is 31.8 Å². The van der Waals surface area contributed by atoms with Crippen molar-refractivity contribution in [3.8, 4) is 0 Å². The molecule has 0 saturated heterocycles. The van der Waals surface area contributed by atoms with Crippen molar-refractivity contribution in [3.05, 3.63) is 64.3 Å². The molecule has 6 heteroatoms. The van der Waals surface area contributed by atoms with E-state index in [1.165, 1.54) is 16.7 Å². The van der Waals surface area contributed by atoms with Crippen LogP contribution in [0, 0.1) is 11.7 Å². The van der Waals surface area contributed by atoms with Crippen LogP contribution >= 0.6 is 0 Å². The molecule has 0 bridgehead atoms. The Balaban J connectivity index is 1.74. The quantitative estimate of drug-likeness (QED) is 0.902. The van der Waals surface area contributed by atoms with Crippen LogP contribution in [0.3, 0.4) is 0 Å². The van der Waals surface area contributed by atoms with E-state index in [1.54, 1.807) is 30.5 Å². The van der Waals surface area contributed by atoms with Crippen molar-refractivity contribution in [1.82, 2.24) is 4.57 Å². The number of carbonyl (C=O) groups excluding carboxylic acids is 1. The van der Waals surface area contributed by atoms with E-state index in [9.17, 15) is 14.0 Å². The van der Waals surface area contributed by atoms with Crippen molar-refractivity contribution in [2.75, 3.05) is 5.32 Å². The number of nitrogens with two attached hydrogens (primary N) is 1. The maximum atomic E-state index is 13.0. The normalized spacial score (nSPS) is 20.1. The minimum absolute atomic E-state index is 0.0617. The number of rotatable bonds is 4. The molecule has 1 aromatic heterocycles. The van der Waals surface area contributed by atoms with Gasteiger partial charge in [-0.25, -0.2) is 4.39 Å². The molecule has 126 valence electrons. The Labute approximate surface area is 139 Å². The number of aromatic nitrogens is 1. The predicted molar refractivity (Wildman–Crippen MR) is 90.2 cm³/mol. The second kappa shape index (κ2) is 6.97. The smallest absolute Gasteiger partial charge is 0.274 e. The second-order valence-electron chi connectivity index (χ2n) is 6.24. The molecule has 24 heavy (non-hydrogen) atoms. The zero-order valence-electron chi connectivity index (χ0n) is 13.2. The van der Waals surface area contributed by atoms with E-state index in [0.29, 0.717) is 13.0 Å². The Morgan fingerprint density at radius 1 is 1.25 bits per heavy atom. The molecule has 1 amide bonds. The van der Waals surface area contributed by atoms with Gasteiger partial charge in [-0.05, 0) is 49.1 Å². The van der Waals surface area contributed by atoms with E-state index < -0.39 is 0 Å². The van der Waals surface area contributed by atoms with Gasteiger partial charge in [0.1, 0.15) is 11.5 Å². The number of pyridine rings is 1. The average Bonchev–Trinajstić information content (AvgIpc) is 3.00. The summed E-state index contributed by atoms with van der Waals surface area (Å²) in [6.07, 6.45) is 3.89. The van der Waals surface area contributed by atoms with Crippen LogP contribution in [0.15, 0.2) is 47.4 Å². The third kappa shape index (κ3) is 3.71. The molecule has 1 fully saturated rings. The first-order valence-corrected chi connectivity index (χ1v) is 8.03. The molecule has 1 heterocycles. The molecule has 2 unspecified atom stereocenters. The summed E-state index contributed by atoms with van der Waals surface area (Å²) in [5, 5.41) is 2.72. The number of carbonyl (C=O) groups is 1. The zero-order chi connectivity index (χ0) is 17.1.